The van der Waals surface area contributed by atoms with Gasteiger partial charge in [0.05, 0.1) is 32.2 Å². The fourth-order valence-corrected chi connectivity index (χ4v) is 3.56. The molecule has 2 aromatic heterocycles. The Morgan fingerprint density at radius 3 is 2.53 bits per heavy atom. The summed E-state index contributed by atoms with van der Waals surface area (Å²) in [5, 5.41) is 11.0. The van der Waals surface area contributed by atoms with Crippen molar-refractivity contribution < 1.29 is 14.2 Å². The van der Waals surface area contributed by atoms with Gasteiger partial charge in [-0.3, -0.25) is 9.36 Å². The van der Waals surface area contributed by atoms with Crippen LogP contribution in [0.3, 0.4) is 0 Å². The quantitative estimate of drug-likeness (QED) is 0.530. The van der Waals surface area contributed by atoms with Crippen LogP contribution in [0.5, 0.6) is 17.2 Å². The van der Waals surface area contributed by atoms with E-state index in [0.29, 0.717) is 35.4 Å². The number of H-pyrrole nitrogens is 1. The summed E-state index contributed by atoms with van der Waals surface area (Å²) < 4.78 is 17.3. The van der Waals surface area contributed by atoms with Crippen molar-refractivity contribution in [3.63, 3.8) is 0 Å². The normalized spacial score (nSPS) is 10.9. The van der Waals surface area contributed by atoms with Crippen molar-refractivity contribution in [3.8, 4) is 23.3 Å². The Bertz CT molecular complexity index is 1350. The van der Waals surface area contributed by atoms with Crippen LogP contribution in [-0.2, 0) is 13.0 Å². The number of aryl methyl sites for hydroxylation is 1. The van der Waals surface area contributed by atoms with E-state index in [9.17, 15) is 10.1 Å². The molecule has 0 radical (unpaired) electrons. The van der Waals surface area contributed by atoms with Crippen LogP contribution in [0.2, 0.25) is 0 Å². The number of benzene rings is 2. The second kappa shape index (κ2) is 7.79. The summed E-state index contributed by atoms with van der Waals surface area (Å²) in [5.74, 6) is 1.69. The number of aromatic nitrogens is 3. The van der Waals surface area contributed by atoms with E-state index in [1.54, 1.807) is 19.2 Å². The van der Waals surface area contributed by atoms with E-state index in [2.05, 4.69) is 9.97 Å². The van der Waals surface area contributed by atoms with Gasteiger partial charge in [0.1, 0.15) is 11.8 Å². The van der Waals surface area contributed by atoms with Gasteiger partial charge in [0.15, 0.2) is 11.5 Å². The zero-order valence-electron chi connectivity index (χ0n) is 16.9. The molecule has 0 aliphatic heterocycles. The number of methoxy groups -OCH3 is 3. The lowest BCUT2D eigenvalue weighted by molar-refractivity contribution is 0.355. The number of nitrogens with one attached hydrogen (secondary N) is 1. The van der Waals surface area contributed by atoms with Crippen LogP contribution in [0.1, 0.15) is 11.4 Å². The van der Waals surface area contributed by atoms with Crippen LogP contribution in [0, 0.1) is 11.3 Å². The molecule has 4 rings (SSSR count). The van der Waals surface area contributed by atoms with Crippen molar-refractivity contribution in [2.45, 2.75) is 13.0 Å². The summed E-state index contributed by atoms with van der Waals surface area (Å²) in [6.45, 7) is 0.309. The first kappa shape index (κ1) is 19.3. The molecule has 0 atom stereocenters. The van der Waals surface area contributed by atoms with Gasteiger partial charge in [0.25, 0.3) is 5.56 Å². The van der Waals surface area contributed by atoms with Crippen LogP contribution in [0.25, 0.3) is 21.8 Å². The van der Waals surface area contributed by atoms with E-state index in [1.165, 1.54) is 18.8 Å². The molecule has 2 heterocycles. The summed E-state index contributed by atoms with van der Waals surface area (Å²) >= 11 is 0. The monoisotopic (exact) mass is 404 g/mol. The van der Waals surface area contributed by atoms with Gasteiger partial charge in [0.2, 0.25) is 5.82 Å². The molecule has 0 bridgehead atoms. The molecule has 0 saturated heterocycles. The average Bonchev–Trinajstić information content (AvgIpc) is 3.19. The molecule has 0 amide bonds. The van der Waals surface area contributed by atoms with Gasteiger partial charge in [-0.25, -0.2) is 4.98 Å². The largest absolute Gasteiger partial charge is 0.497 e. The first-order valence-electron chi connectivity index (χ1n) is 9.30. The van der Waals surface area contributed by atoms with Crippen LogP contribution in [-0.4, -0.2) is 35.9 Å². The predicted molar refractivity (Wildman–Crippen MR) is 112 cm³/mol. The van der Waals surface area contributed by atoms with Crippen molar-refractivity contribution in [1.29, 1.82) is 5.26 Å². The maximum absolute atomic E-state index is 13.1. The van der Waals surface area contributed by atoms with Crippen molar-refractivity contribution in [2.75, 3.05) is 21.3 Å². The average molecular weight is 404 g/mol. The van der Waals surface area contributed by atoms with Crippen molar-refractivity contribution in [2.24, 2.45) is 0 Å². The molecule has 0 aliphatic carbocycles. The summed E-state index contributed by atoms with van der Waals surface area (Å²) in [5.41, 5.74) is 2.09. The molecular weight excluding hydrogens is 384 g/mol. The fourth-order valence-electron chi connectivity index (χ4n) is 3.56. The first-order valence-corrected chi connectivity index (χ1v) is 9.30. The van der Waals surface area contributed by atoms with Gasteiger partial charge >= 0.3 is 0 Å². The SMILES string of the molecule is COc1ccc2[nH]cc(CCn3c(C#N)nc4cc(OC)c(OC)cc4c3=O)c2c1. The van der Waals surface area contributed by atoms with Gasteiger partial charge < -0.3 is 19.2 Å². The molecule has 0 fully saturated rings. The molecule has 0 aliphatic rings. The molecule has 4 aromatic rings. The van der Waals surface area contributed by atoms with E-state index < -0.39 is 0 Å². The topological polar surface area (TPSA) is 102 Å². The highest BCUT2D eigenvalue weighted by Gasteiger charge is 2.15. The van der Waals surface area contributed by atoms with Gasteiger partial charge in [-0.15, -0.1) is 0 Å². The molecule has 2 aromatic carbocycles. The Hall–Kier alpha value is -3.99. The molecule has 0 unspecified atom stereocenters. The third-order valence-corrected chi connectivity index (χ3v) is 5.14. The molecular formula is C22H20N4O4. The number of fused-ring (bicyclic) bond motifs is 2. The van der Waals surface area contributed by atoms with Gasteiger partial charge in [-0.1, -0.05) is 0 Å². The molecule has 0 saturated carbocycles. The zero-order chi connectivity index (χ0) is 21.3. The smallest absolute Gasteiger partial charge is 0.262 e. The third kappa shape index (κ3) is 3.20. The minimum absolute atomic E-state index is 0.0529. The zero-order valence-corrected chi connectivity index (χ0v) is 16.9. The first-order chi connectivity index (χ1) is 14.6. The molecule has 8 nitrogen and oxygen atoms in total. The molecule has 0 spiro atoms. The Kier molecular flexibility index (Phi) is 5.02. The highest BCUT2D eigenvalue weighted by atomic mass is 16.5. The number of nitrogens with zero attached hydrogens (tertiary/aromatic N) is 3. The van der Waals surface area contributed by atoms with E-state index in [0.717, 1.165) is 22.2 Å². The molecule has 1 N–H and O–H groups in total. The molecule has 152 valence electrons. The number of rotatable bonds is 6. The number of ether oxygens (including phenoxy) is 3. The Balaban J connectivity index is 1.76. The fraction of sp³-hybridized carbons (Fsp3) is 0.227. The number of nitriles is 1. The van der Waals surface area contributed by atoms with Gasteiger partial charge in [-0.2, -0.15) is 5.26 Å². The predicted octanol–water partition coefficient (Wildman–Crippen LogP) is 3.02. The third-order valence-electron chi connectivity index (χ3n) is 5.14. The Morgan fingerprint density at radius 2 is 1.83 bits per heavy atom. The maximum Gasteiger partial charge on any atom is 0.262 e. The van der Waals surface area contributed by atoms with Crippen LogP contribution >= 0.6 is 0 Å². The summed E-state index contributed by atoms with van der Waals surface area (Å²) in [7, 11) is 4.63. The summed E-state index contributed by atoms with van der Waals surface area (Å²) in [4.78, 5) is 20.7. The second-order valence-corrected chi connectivity index (χ2v) is 6.70. The lowest BCUT2D eigenvalue weighted by atomic mass is 10.1. The lowest BCUT2D eigenvalue weighted by Gasteiger charge is -2.12. The standard InChI is InChI=1S/C22H20N4O4/c1-28-14-4-5-17-15(8-14)13(12-24-17)6-7-26-21(11-23)25-18-10-20(30-3)19(29-2)9-16(18)22(26)27/h4-5,8-10,12,24H,6-7H2,1-3H3. The van der Waals surface area contributed by atoms with Crippen molar-refractivity contribution in [1.82, 2.24) is 14.5 Å². The minimum atomic E-state index is -0.296. The van der Waals surface area contributed by atoms with Crippen LogP contribution < -0.4 is 19.8 Å². The maximum atomic E-state index is 13.1. The van der Waals surface area contributed by atoms with Crippen molar-refractivity contribution >= 4 is 21.8 Å². The van der Waals surface area contributed by atoms with E-state index in [1.807, 2.05) is 30.5 Å². The second-order valence-electron chi connectivity index (χ2n) is 6.70. The van der Waals surface area contributed by atoms with Crippen LogP contribution in [0.15, 0.2) is 41.3 Å². The number of aromatic amines is 1. The van der Waals surface area contributed by atoms with Crippen molar-refractivity contribution in [3.05, 3.63) is 58.3 Å². The molecule has 30 heavy (non-hydrogen) atoms. The van der Waals surface area contributed by atoms with E-state index >= 15 is 0 Å². The minimum Gasteiger partial charge on any atom is -0.497 e. The Morgan fingerprint density at radius 1 is 1.07 bits per heavy atom. The summed E-state index contributed by atoms with van der Waals surface area (Å²) in [6, 6.07) is 11.0. The molecule has 8 heteroatoms. The lowest BCUT2D eigenvalue weighted by Crippen LogP contribution is -2.25. The Labute approximate surface area is 172 Å². The van der Waals surface area contributed by atoms with Gasteiger partial charge in [-0.05, 0) is 36.2 Å². The van der Waals surface area contributed by atoms with E-state index in [4.69, 9.17) is 14.2 Å². The van der Waals surface area contributed by atoms with Gasteiger partial charge in [0, 0.05) is 29.7 Å². The summed E-state index contributed by atoms with van der Waals surface area (Å²) in [6.07, 6.45) is 2.45. The number of hydrogen-bond donors (Lipinski definition) is 1. The highest BCUT2D eigenvalue weighted by Crippen LogP contribution is 2.30. The van der Waals surface area contributed by atoms with E-state index in [-0.39, 0.29) is 11.4 Å². The van der Waals surface area contributed by atoms with Crippen LogP contribution in [0.4, 0.5) is 0 Å². The highest BCUT2D eigenvalue weighted by molar-refractivity contribution is 5.85. The number of hydrogen-bond acceptors (Lipinski definition) is 6.